The molecule has 0 saturated carbocycles. The number of nitrogens with two attached hydrogens (primary N) is 1. The number of nitrogen functional groups attached to an aromatic ring is 1. The minimum absolute atomic E-state index is 0.223. The number of halogens is 1. The first-order chi connectivity index (χ1) is 9.60. The summed E-state index contributed by atoms with van der Waals surface area (Å²) >= 11 is 3.32. The normalized spacial score (nSPS) is 10.1. The van der Waals surface area contributed by atoms with Crippen LogP contribution in [-0.2, 0) is 6.54 Å². The van der Waals surface area contributed by atoms with Gasteiger partial charge in [0.15, 0.2) is 0 Å². The van der Waals surface area contributed by atoms with Gasteiger partial charge in [-0.3, -0.25) is 4.79 Å². The molecule has 2 aromatic rings. The molecule has 5 nitrogen and oxygen atoms in total. The van der Waals surface area contributed by atoms with E-state index < -0.39 is 0 Å². The molecular formula is C14H14BrN3O2. The number of hydrogen-bond donors (Lipinski definition) is 2. The molecule has 1 amide bonds. The molecule has 0 fully saturated rings. The number of hydrogen-bond acceptors (Lipinski definition) is 4. The number of methoxy groups -OCH3 is 1. The first-order valence-electron chi connectivity index (χ1n) is 5.92. The third kappa shape index (κ3) is 3.48. The van der Waals surface area contributed by atoms with Gasteiger partial charge in [-0.25, -0.2) is 4.98 Å². The molecule has 0 spiro atoms. The summed E-state index contributed by atoms with van der Waals surface area (Å²) in [5, 5.41) is 2.80. The summed E-state index contributed by atoms with van der Waals surface area (Å²) in [7, 11) is 1.56. The number of pyridine rings is 1. The molecule has 1 aromatic carbocycles. The van der Waals surface area contributed by atoms with Gasteiger partial charge in [-0.15, -0.1) is 0 Å². The van der Waals surface area contributed by atoms with Crippen LogP contribution in [0.3, 0.4) is 0 Å². The van der Waals surface area contributed by atoms with Crippen LogP contribution in [0, 0.1) is 0 Å². The number of carbonyl (C=O) groups excluding carboxylic acids is 1. The summed E-state index contributed by atoms with van der Waals surface area (Å²) in [6, 6.07) is 8.76. The Morgan fingerprint density at radius 3 is 2.85 bits per heavy atom. The summed E-state index contributed by atoms with van der Waals surface area (Å²) in [6.45, 7) is 0.377. The van der Waals surface area contributed by atoms with Crippen LogP contribution in [0.5, 0.6) is 5.88 Å². The molecule has 0 unspecified atom stereocenters. The van der Waals surface area contributed by atoms with E-state index in [2.05, 4.69) is 26.2 Å². The van der Waals surface area contributed by atoms with E-state index >= 15 is 0 Å². The highest BCUT2D eigenvalue weighted by Crippen LogP contribution is 2.18. The molecule has 6 heteroatoms. The minimum Gasteiger partial charge on any atom is -0.481 e. The van der Waals surface area contributed by atoms with Crippen LogP contribution < -0.4 is 15.8 Å². The predicted octanol–water partition coefficient (Wildman–Crippen LogP) is 2.36. The third-order valence-corrected chi connectivity index (χ3v) is 3.21. The fraction of sp³-hybridized carbons (Fsp3) is 0.143. The van der Waals surface area contributed by atoms with Crippen molar-refractivity contribution in [1.82, 2.24) is 10.3 Å². The molecule has 3 N–H and O–H groups in total. The molecule has 0 saturated heterocycles. The maximum absolute atomic E-state index is 12.1. The molecule has 0 aliphatic rings. The highest BCUT2D eigenvalue weighted by Gasteiger charge is 2.10. The van der Waals surface area contributed by atoms with Crippen LogP contribution in [0.1, 0.15) is 15.9 Å². The van der Waals surface area contributed by atoms with E-state index in [-0.39, 0.29) is 5.91 Å². The average molecular weight is 336 g/mol. The maximum Gasteiger partial charge on any atom is 0.253 e. The van der Waals surface area contributed by atoms with Gasteiger partial charge >= 0.3 is 0 Å². The Balaban J connectivity index is 2.02. The lowest BCUT2D eigenvalue weighted by molar-refractivity contribution is 0.0951. The van der Waals surface area contributed by atoms with E-state index in [1.165, 1.54) is 0 Å². The smallest absolute Gasteiger partial charge is 0.253 e. The number of nitrogens with one attached hydrogen (secondary N) is 1. The molecule has 104 valence electrons. The van der Waals surface area contributed by atoms with Gasteiger partial charge in [0.25, 0.3) is 5.91 Å². The Labute approximate surface area is 125 Å². The molecule has 0 radical (unpaired) electrons. The Kier molecular flexibility index (Phi) is 4.57. The van der Waals surface area contributed by atoms with Gasteiger partial charge in [0.1, 0.15) is 0 Å². The summed E-state index contributed by atoms with van der Waals surface area (Å²) in [6.07, 6.45) is 1.66. The zero-order chi connectivity index (χ0) is 14.5. The second kappa shape index (κ2) is 6.38. The zero-order valence-electron chi connectivity index (χ0n) is 10.9. The second-order valence-electron chi connectivity index (χ2n) is 4.12. The Hall–Kier alpha value is -2.08. The molecule has 0 aliphatic heterocycles. The maximum atomic E-state index is 12.1. The topological polar surface area (TPSA) is 77.2 Å². The van der Waals surface area contributed by atoms with Crippen molar-refractivity contribution in [2.24, 2.45) is 0 Å². The average Bonchev–Trinajstić information content (AvgIpc) is 2.47. The van der Waals surface area contributed by atoms with Crippen LogP contribution >= 0.6 is 15.9 Å². The molecule has 1 aromatic heterocycles. The number of aromatic nitrogens is 1. The van der Waals surface area contributed by atoms with Crippen molar-refractivity contribution < 1.29 is 9.53 Å². The van der Waals surface area contributed by atoms with Crippen molar-refractivity contribution in [3.05, 3.63) is 52.1 Å². The standard InChI is InChI=1S/C14H14BrN3O2/c1-20-13-5-2-9(7-17-13)8-18-14(19)11-6-10(15)3-4-12(11)16/h2-7H,8,16H2,1H3,(H,18,19). The van der Waals surface area contributed by atoms with Crippen molar-refractivity contribution in [2.75, 3.05) is 12.8 Å². The van der Waals surface area contributed by atoms with E-state index in [1.807, 2.05) is 6.07 Å². The lowest BCUT2D eigenvalue weighted by Crippen LogP contribution is -2.23. The van der Waals surface area contributed by atoms with Gasteiger partial charge in [-0.2, -0.15) is 0 Å². The number of nitrogens with zero attached hydrogens (tertiary/aromatic N) is 1. The van der Waals surface area contributed by atoms with Crippen molar-refractivity contribution in [2.45, 2.75) is 6.54 Å². The molecular weight excluding hydrogens is 322 g/mol. The predicted molar refractivity (Wildman–Crippen MR) is 80.5 cm³/mol. The Bertz CT molecular complexity index is 614. The lowest BCUT2D eigenvalue weighted by Gasteiger charge is -2.08. The fourth-order valence-electron chi connectivity index (χ4n) is 1.64. The van der Waals surface area contributed by atoms with Crippen LogP contribution in [0.2, 0.25) is 0 Å². The number of anilines is 1. The highest BCUT2D eigenvalue weighted by atomic mass is 79.9. The molecule has 20 heavy (non-hydrogen) atoms. The van der Waals surface area contributed by atoms with Crippen molar-refractivity contribution >= 4 is 27.5 Å². The number of carbonyl (C=O) groups is 1. The summed E-state index contributed by atoms with van der Waals surface area (Å²) in [5.74, 6) is 0.316. The molecule has 0 bridgehead atoms. The van der Waals surface area contributed by atoms with Gasteiger partial charge in [0.05, 0.1) is 12.7 Å². The first kappa shape index (κ1) is 14.3. The Morgan fingerprint density at radius 1 is 1.40 bits per heavy atom. The van der Waals surface area contributed by atoms with Crippen LogP contribution in [0.25, 0.3) is 0 Å². The minimum atomic E-state index is -0.223. The summed E-state index contributed by atoms with van der Waals surface area (Å²) in [4.78, 5) is 16.1. The van der Waals surface area contributed by atoms with E-state index in [4.69, 9.17) is 10.5 Å². The first-order valence-corrected chi connectivity index (χ1v) is 6.71. The number of amides is 1. The van der Waals surface area contributed by atoms with Crippen molar-refractivity contribution in [1.29, 1.82) is 0 Å². The fourth-order valence-corrected chi connectivity index (χ4v) is 2.00. The summed E-state index contributed by atoms with van der Waals surface area (Å²) in [5.41, 5.74) is 7.56. The van der Waals surface area contributed by atoms with Crippen LogP contribution in [0.4, 0.5) is 5.69 Å². The largest absolute Gasteiger partial charge is 0.481 e. The monoisotopic (exact) mass is 335 g/mol. The molecule has 0 aliphatic carbocycles. The van der Waals surface area contributed by atoms with E-state index in [9.17, 15) is 4.79 Å². The Morgan fingerprint density at radius 2 is 2.20 bits per heavy atom. The zero-order valence-corrected chi connectivity index (χ0v) is 12.5. The van der Waals surface area contributed by atoms with E-state index in [1.54, 1.807) is 37.6 Å². The molecule has 1 heterocycles. The van der Waals surface area contributed by atoms with Crippen LogP contribution in [0.15, 0.2) is 41.0 Å². The number of benzene rings is 1. The molecule has 2 rings (SSSR count). The van der Waals surface area contributed by atoms with Crippen molar-refractivity contribution in [3.8, 4) is 5.88 Å². The van der Waals surface area contributed by atoms with Gasteiger partial charge in [-0.1, -0.05) is 22.0 Å². The summed E-state index contributed by atoms with van der Waals surface area (Å²) < 4.78 is 5.78. The highest BCUT2D eigenvalue weighted by molar-refractivity contribution is 9.10. The van der Waals surface area contributed by atoms with Gasteiger partial charge in [0, 0.05) is 29.0 Å². The third-order valence-electron chi connectivity index (χ3n) is 2.72. The van der Waals surface area contributed by atoms with Gasteiger partial charge < -0.3 is 15.8 Å². The lowest BCUT2D eigenvalue weighted by atomic mass is 10.1. The number of rotatable bonds is 4. The van der Waals surface area contributed by atoms with Crippen LogP contribution in [-0.4, -0.2) is 18.0 Å². The quantitative estimate of drug-likeness (QED) is 0.841. The number of ether oxygens (including phenoxy) is 1. The molecule has 0 atom stereocenters. The van der Waals surface area contributed by atoms with Gasteiger partial charge in [-0.05, 0) is 23.8 Å². The second-order valence-corrected chi connectivity index (χ2v) is 5.04. The van der Waals surface area contributed by atoms with E-state index in [0.717, 1.165) is 10.0 Å². The van der Waals surface area contributed by atoms with E-state index in [0.29, 0.717) is 23.7 Å². The van der Waals surface area contributed by atoms with Crippen molar-refractivity contribution in [3.63, 3.8) is 0 Å². The van der Waals surface area contributed by atoms with Gasteiger partial charge in [0.2, 0.25) is 5.88 Å². The SMILES string of the molecule is COc1ccc(CNC(=O)c2cc(Br)ccc2N)cn1.